The molecule has 4 heteroatoms. The first kappa shape index (κ1) is 12.6. The quantitative estimate of drug-likeness (QED) is 0.858. The summed E-state index contributed by atoms with van der Waals surface area (Å²) in [6, 6.07) is 7.34. The van der Waals surface area contributed by atoms with Gasteiger partial charge in [0.1, 0.15) is 0 Å². The number of aliphatic carboxylic acids is 1. The number of carboxylic acids is 1. The molecule has 18 heavy (non-hydrogen) atoms. The van der Waals surface area contributed by atoms with Gasteiger partial charge in [0.2, 0.25) is 0 Å². The molecule has 1 aliphatic rings. The van der Waals surface area contributed by atoms with Crippen LogP contribution < -0.4 is 5.32 Å². The number of amides is 1. The summed E-state index contributed by atoms with van der Waals surface area (Å²) in [6.45, 7) is 1.97. The van der Waals surface area contributed by atoms with E-state index in [0.29, 0.717) is 18.4 Å². The van der Waals surface area contributed by atoms with Crippen molar-refractivity contribution in [1.82, 2.24) is 5.32 Å². The Hall–Kier alpha value is -1.84. The number of carboxylic acid groups (broad SMARTS) is 1. The second-order valence-electron chi connectivity index (χ2n) is 4.88. The zero-order valence-electron chi connectivity index (χ0n) is 10.3. The van der Waals surface area contributed by atoms with Crippen molar-refractivity contribution in [3.8, 4) is 0 Å². The van der Waals surface area contributed by atoms with Crippen molar-refractivity contribution in [3.63, 3.8) is 0 Å². The normalized spacial score (nSPS) is 22.7. The highest BCUT2D eigenvalue weighted by molar-refractivity contribution is 5.94. The van der Waals surface area contributed by atoms with Gasteiger partial charge in [-0.15, -0.1) is 0 Å². The molecule has 96 valence electrons. The van der Waals surface area contributed by atoms with Gasteiger partial charge in [0.25, 0.3) is 5.91 Å². The largest absolute Gasteiger partial charge is 0.481 e. The zero-order valence-corrected chi connectivity index (χ0v) is 10.3. The van der Waals surface area contributed by atoms with Crippen LogP contribution in [0.3, 0.4) is 0 Å². The molecule has 0 radical (unpaired) electrons. The predicted molar refractivity (Wildman–Crippen MR) is 67.4 cm³/mol. The van der Waals surface area contributed by atoms with Gasteiger partial charge in [0.05, 0.1) is 5.92 Å². The first-order valence-electron chi connectivity index (χ1n) is 6.16. The summed E-state index contributed by atoms with van der Waals surface area (Å²) >= 11 is 0. The van der Waals surface area contributed by atoms with Crippen molar-refractivity contribution in [3.05, 3.63) is 35.4 Å². The van der Waals surface area contributed by atoms with Crippen LogP contribution in [0.5, 0.6) is 0 Å². The summed E-state index contributed by atoms with van der Waals surface area (Å²) in [5.41, 5.74) is 1.73. The molecule has 0 aliphatic heterocycles. The SMILES string of the molecule is Cc1ccc(C(=O)N[C@H]2CC[C@H](C(=O)O)C2)cc1. The molecule has 1 amide bonds. The second kappa shape index (κ2) is 5.21. The molecule has 1 aromatic carbocycles. The van der Waals surface area contributed by atoms with E-state index in [1.807, 2.05) is 19.1 Å². The number of carbonyl (C=O) groups is 2. The molecule has 2 rings (SSSR count). The van der Waals surface area contributed by atoms with Gasteiger partial charge in [0, 0.05) is 11.6 Å². The van der Waals surface area contributed by atoms with E-state index in [4.69, 9.17) is 5.11 Å². The average molecular weight is 247 g/mol. The Morgan fingerprint density at radius 2 is 1.89 bits per heavy atom. The summed E-state index contributed by atoms with van der Waals surface area (Å²) in [6.07, 6.45) is 1.93. The standard InChI is InChI=1S/C14H17NO3/c1-9-2-4-10(5-3-9)13(16)15-12-7-6-11(8-12)14(17)18/h2-5,11-12H,6-8H2,1H3,(H,15,16)(H,17,18)/t11-,12-/m0/s1. The van der Waals surface area contributed by atoms with Crippen LogP contribution in [0, 0.1) is 12.8 Å². The van der Waals surface area contributed by atoms with Crippen LogP contribution in [0.1, 0.15) is 35.2 Å². The molecule has 0 bridgehead atoms. The van der Waals surface area contributed by atoms with Gasteiger partial charge in [-0.3, -0.25) is 9.59 Å². The lowest BCUT2D eigenvalue weighted by Crippen LogP contribution is -2.33. The number of aryl methyl sites for hydroxylation is 1. The van der Waals surface area contributed by atoms with Gasteiger partial charge in [0.15, 0.2) is 0 Å². The van der Waals surface area contributed by atoms with Gasteiger partial charge < -0.3 is 10.4 Å². The molecule has 0 unspecified atom stereocenters. The van der Waals surface area contributed by atoms with E-state index in [-0.39, 0.29) is 17.9 Å². The first-order chi connectivity index (χ1) is 8.56. The Morgan fingerprint density at radius 3 is 2.44 bits per heavy atom. The van der Waals surface area contributed by atoms with E-state index in [2.05, 4.69) is 5.32 Å². The van der Waals surface area contributed by atoms with Crippen molar-refractivity contribution in [2.75, 3.05) is 0 Å². The third kappa shape index (κ3) is 2.88. The van der Waals surface area contributed by atoms with Gasteiger partial charge in [-0.1, -0.05) is 17.7 Å². The van der Waals surface area contributed by atoms with E-state index in [9.17, 15) is 9.59 Å². The maximum Gasteiger partial charge on any atom is 0.306 e. The molecule has 0 saturated heterocycles. The lowest BCUT2D eigenvalue weighted by atomic mass is 10.1. The minimum absolute atomic E-state index is 0.0140. The first-order valence-corrected chi connectivity index (χ1v) is 6.16. The van der Waals surface area contributed by atoms with Gasteiger partial charge in [-0.25, -0.2) is 0 Å². The van der Waals surface area contributed by atoms with Crippen LogP contribution in [-0.4, -0.2) is 23.0 Å². The van der Waals surface area contributed by atoms with E-state index >= 15 is 0 Å². The fourth-order valence-corrected chi connectivity index (χ4v) is 2.31. The Morgan fingerprint density at radius 1 is 1.22 bits per heavy atom. The van der Waals surface area contributed by atoms with Crippen molar-refractivity contribution >= 4 is 11.9 Å². The van der Waals surface area contributed by atoms with Crippen LogP contribution in [0.4, 0.5) is 0 Å². The van der Waals surface area contributed by atoms with E-state index in [0.717, 1.165) is 12.0 Å². The minimum atomic E-state index is -0.762. The van der Waals surface area contributed by atoms with E-state index < -0.39 is 5.97 Å². The summed E-state index contributed by atoms with van der Waals surface area (Å²) in [5.74, 6) is -1.19. The Kier molecular flexibility index (Phi) is 3.65. The molecule has 1 aliphatic carbocycles. The average Bonchev–Trinajstić information content (AvgIpc) is 2.78. The third-order valence-corrected chi connectivity index (χ3v) is 3.43. The molecular weight excluding hydrogens is 230 g/mol. The van der Waals surface area contributed by atoms with E-state index in [1.165, 1.54) is 0 Å². The number of hydrogen-bond donors (Lipinski definition) is 2. The third-order valence-electron chi connectivity index (χ3n) is 3.43. The maximum absolute atomic E-state index is 11.9. The summed E-state index contributed by atoms with van der Waals surface area (Å²) in [7, 11) is 0. The van der Waals surface area contributed by atoms with Crippen molar-refractivity contribution < 1.29 is 14.7 Å². The highest BCUT2D eigenvalue weighted by atomic mass is 16.4. The molecule has 1 fully saturated rings. The lowest BCUT2D eigenvalue weighted by Gasteiger charge is -2.12. The van der Waals surface area contributed by atoms with Crippen LogP contribution in [0.15, 0.2) is 24.3 Å². The summed E-state index contributed by atoms with van der Waals surface area (Å²) < 4.78 is 0. The monoisotopic (exact) mass is 247 g/mol. The van der Waals surface area contributed by atoms with Gasteiger partial charge >= 0.3 is 5.97 Å². The number of nitrogens with one attached hydrogen (secondary N) is 1. The fourth-order valence-electron chi connectivity index (χ4n) is 2.31. The second-order valence-corrected chi connectivity index (χ2v) is 4.88. The number of carbonyl (C=O) groups excluding carboxylic acids is 1. The number of benzene rings is 1. The summed E-state index contributed by atoms with van der Waals surface area (Å²) in [4.78, 5) is 22.8. The number of rotatable bonds is 3. The highest BCUT2D eigenvalue weighted by Crippen LogP contribution is 2.25. The van der Waals surface area contributed by atoms with Gasteiger partial charge in [-0.2, -0.15) is 0 Å². The van der Waals surface area contributed by atoms with E-state index in [1.54, 1.807) is 12.1 Å². The van der Waals surface area contributed by atoms with Crippen LogP contribution in [0.25, 0.3) is 0 Å². The number of hydrogen-bond acceptors (Lipinski definition) is 2. The van der Waals surface area contributed by atoms with Crippen molar-refractivity contribution in [2.24, 2.45) is 5.92 Å². The molecule has 4 nitrogen and oxygen atoms in total. The molecule has 2 atom stereocenters. The predicted octanol–water partition coefficient (Wildman–Crippen LogP) is 1.98. The smallest absolute Gasteiger partial charge is 0.306 e. The molecule has 1 saturated carbocycles. The Labute approximate surface area is 106 Å². The fraction of sp³-hybridized carbons (Fsp3) is 0.429. The topological polar surface area (TPSA) is 66.4 Å². The minimum Gasteiger partial charge on any atom is -0.481 e. The summed E-state index contributed by atoms with van der Waals surface area (Å²) in [5, 5.41) is 11.8. The maximum atomic E-state index is 11.9. The van der Waals surface area contributed by atoms with Crippen LogP contribution >= 0.6 is 0 Å². The Bertz CT molecular complexity index is 453. The van der Waals surface area contributed by atoms with Crippen molar-refractivity contribution in [1.29, 1.82) is 0 Å². The Balaban J connectivity index is 1.92. The zero-order chi connectivity index (χ0) is 13.1. The lowest BCUT2D eigenvalue weighted by molar-refractivity contribution is -0.141. The van der Waals surface area contributed by atoms with Crippen molar-refractivity contribution in [2.45, 2.75) is 32.2 Å². The van der Waals surface area contributed by atoms with Crippen LogP contribution in [0.2, 0.25) is 0 Å². The van der Waals surface area contributed by atoms with Gasteiger partial charge in [-0.05, 0) is 38.3 Å². The molecular formula is C14H17NO3. The van der Waals surface area contributed by atoms with Crippen LogP contribution in [-0.2, 0) is 4.79 Å². The molecule has 0 spiro atoms. The molecule has 1 aromatic rings. The molecule has 2 N–H and O–H groups in total. The molecule has 0 aromatic heterocycles. The molecule has 0 heterocycles. The highest BCUT2D eigenvalue weighted by Gasteiger charge is 2.30.